The van der Waals surface area contributed by atoms with E-state index in [1.165, 1.54) is 6.92 Å². The molecular weight excluding hydrogens is 344 g/mol. The van der Waals surface area contributed by atoms with Crippen molar-refractivity contribution in [1.82, 2.24) is 0 Å². The Balaban J connectivity index is 1.87. The molecule has 1 N–H and O–H groups in total. The molecular formula is C22H30O5. The normalized spacial score (nSPS) is 40.1. The van der Waals surface area contributed by atoms with Crippen LogP contribution in [0.5, 0.6) is 0 Å². The third-order valence-corrected chi connectivity index (χ3v) is 7.77. The minimum absolute atomic E-state index is 0.141. The van der Waals surface area contributed by atoms with Crippen LogP contribution >= 0.6 is 0 Å². The van der Waals surface area contributed by atoms with E-state index in [1.807, 2.05) is 0 Å². The van der Waals surface area contributed by atoms with Crippen LogP contribution in [0.3, 0.4) is 0 Å². The first kappa shape index (κ1) is 18.7. The number of carbonyl (C=O) groups is 2. The van der Waals surface area contributed by atoms with Crippen LogP contribution in [-0.2, 0) is 19.1 Å². The van der Waals surface area contributed by atoms with E-state index in [0.29, 0.717) is 17.9 Å². The van der Waals surface area contributed by atoms with Gasteiger partial charge in [0.1, 0.15) is 12.2 Å². The molecule has 0 radical (unpaired) electrons. The second kappa shape index (κ2) is 5.94. The fourth-order valence-electron chi connectivity index (χ4n) is 6.40. The van der Waals surface area contributed by atoms with Crippen molar-refractivity contribution in [2.24, 2.45) is 16.7 Å². The van der Waals surface area contributed by atoms with Crippen LogP contribution in [0.15, 0.2) is 22.3 Å². The van der Waals surface area contributed by atoms with Crippen LogP contribution in [0.25, 0.3) is 0 Å². The van der Waals surface area contributed by atoms with E-state index in [-0.39, 0.29) is 28.9 Å². The maximum absolute atomic E-state index is 12.2. The SMILES string of the molecule is CC(=O)O[C@H]1C2=C(C[C@H]3OC(=O)C(C)=C13)[C@@]1(C)[C@H](CC2)C(C)(C)CC[C@@H]1O. The molecule has 1 saturated carbocycles. The van der Waals surface area contributed by atoms with Gasteiger partial charge in [0.25, 0.3) is 0 Å². The van der Waals surface area contributed by atoms with Gasteiger partial charge < -0.3 is 14.6 Å². The number of esters is 2. The molecule has 0 saturated heterocycles. The predicted octanol–water partition coefficient (Wildman–Crippen LogP) is 3.46. The molecule has 5 atom stereocenters. The number of ether oxygens (including phenoxy) is 2. The molecule has 0 aromatic carbocycles. The third kappa shape index (κ3) is 2.54. The molecule has 4 rings (SSSR count). The Bertz CT molecular complexity index is 774. The second-order valence-electron chi connectivity index (χ2n) is 9.59. The Kier molecular flexibility index (Phi) is 4.12. The number of hydrogen-bond acceptors (Lipinski definition) is 5. The molecule has 1 heterocycles. The average Bonchev–Trinajstić information content (AvgIpc) is 2.86. The Morgan fingerprint density at radius 3 is 2.63 bits per heavy atom. The zero-order valence-corrected chi connectivity index (χ0v) is 16.9. The van der Waals surface area contributed by atoms with Gasteiger partial charge in [0, 0.05) is 29.9 Å². The van der Waals surface area contributed by atoms with Crippen LogP contribution in [0.2, 0.25) is 0 Å². The van der Waals surface area contributed by atoms with E-state index >= 15 is 0 Å². The van der Waals surface area contributed by atoms with E-state index in [4.69, 9.17) is 9.47 Å². The summed E-state index contributed by atoms with van der Waals surface area (Å²) in [5, 5.41) is 11.1. The monoisotopic (exact) mass is 374 g/mol. The fraction of sp³-hybridized carbons (Fsp3) is 0.727. The topological polar surface area (TPSA) is 72.8 Å². The van der Waals surface area contributed by atoms with E-state index < -0.39 is 12.2 Å². The molecule has 0 bridgehead atoms. The van der Waals surface area contributed by atoms with Crippen molar-refractivity contribution in [1.29, 1.82) is 0 Å². The lowest BCUT2D eigenvalue weighted by Crippen LogP contribution is -2.55. The average molecular weight is 374 g/mol. The molecule has 5 heteroatoms. The standard InChI is InChI=1S/C22H30O5/c1-11-18-15(27-20(11)25)10-14-13(19(18)26-12(2)23)6-7-16-21(3,4)9-8-17(24)22(14,16)5/h15-17,19,24H,6-10H2,1-5H3/t15-,16-,17+,19+,22+/m1/s1. The summed E-state index contributed by atoms with van der Waals surface area (Å²) in [6.45, 7) is 9.92. The minimum Gasteiger partial charge on any atom is -0.454 e. The van der Waals surface area contributed by atoms with E-state index in [2.05, 4.69) is 20.8 Å². The summed E-state index contributed by atoms with van der Waals surface area (Å²) in [4.78, 5) is 24.1. The van der Waals surface area contributed by atoms with Gasteiger partial charge in [-0.25, -0.2) is 4.79 Å². The molecule has 1 aliphatic heterocycles. The molecule has 0 unspecified atom stereocenters. The number of hydrogen-bond donors (Lipinski definition) is 1. The highest BCUT2D eigenvalue weighted by atomic mass is 16.6. The first-order chi connectivity index (χ1) is 12.6. The Labute approximate surface area is 160 Å². The van der Waals surface area contributed by atoms with E-state index in [1.54, 1.807) is 6.92 Å². The van der Waals surface area contributed by atoms with Gasteiger partial charge in [0.15, 0.2) is 0 Å². The van der Waals surface area contributed by atoms with Crippen molar-refractivity contribution in [2.75, 3.05) is 0 Å². The highest BCUT2D eigenvalue weighted by Crippen LogP contribution is 2.62. The summed E-state index contributed by atoms with van der Waals surface area (Å²) in [6, 6.07) is 0. The van der Waals surface area contributed by atoms with Crippen LogP contribution in [-0.4, -0.2) is 35.4 Å². The molecule has 5 nitrogen and oxygen atoms in total. The van der Waals surface area contributed by atoms with E-state index in [0.717, 1.165) is 42.4 Å². The number of rotatable bonds is 1. The number of aliphatic hydroxyl groups is 1. The second-order valence-corrected chi connectivity index (χ2v) is 9.59. The van der Waals surface area contributed by atoms with Gasteiger partial charge in [-0.3, -0.25) is 4.79 Å². The molecule has 0 aromatic heterocycles. The van der Waals surface area contributed by atoms with Gasteiger partial charge in [-0.1, -0.05) is 26.3 Å². The molecule has 0 amide bonds. The Morgan fingerprint density at radius 1 is 1.26 bits per heavy atom. The lowest BCUT2D eigenvalue weighted by Gasteiger charge is -2.59. The van der Waals surface area contributed by atoms with Crippen molar-refractivity contribution < 1.29 is 24.2 Å². The highest BCUT2D eigenvalue weighted by Gasteiger charge is 2.58. The van der Waals surface area contributed by atoms with Crippen molar-refractivity contribution in [3.63, 3.8) is 0 Å². The van der Waals surface area contributed by atoms with E-state index in [9.17, 15) is 14.7 Å². The smallest absolute Gasteiger partial charge is 0.334 e. The van der Waals surface area contributed by atoms with Crippen LogP contribution in [0.1, 0.15) is 66.7 Å². The fourth-order valence-corrected chi connectivity index (χ4v) is 6.40. The summed E-state index contributed by atoms with van der Waals surface area (Å²) in [6.07, 6.45) is 2.83. The minimum atomic E-state index is -0.530. The molecule has 4 aliphatic rings. The summed E-state index contributed by atoms with van der Waals surface area (Å²) in [5.41, 5.74) is 3.38. The van der Waals surface area contributed by atoms with Gasteiger partial charge in [0.2, 0.25) is 0 Å². The molecule has 3 aliphatic carbocycles. The van der Waals surface area contributed by atoms with Crippen molar-refractivity contribution >= 4 is 11.9 Å². The largest absolute Gasteiger partial charge is 0.454 e. The van der Waals surface area contributed by atoms with Gasteiger partial charge in [-0.05, 0) is 49.5 Å². The van der Waals surface area contributed by atoms with Gasteiger partial charge in [-0.15, -0.1) is 0 Å². The van der Waals surface area contributed by atoms with Gasteiger partial charge >= 0.3 is 11.9 Å². The maximum Gasteiger partial charge on any atom is 0.334 e. The third-order valence-electron chi connectivity index (χ3n) is 7.77. The highest BCUT2D eigenvalue weighted by molar-refractivity contribution is 5.92. The van der Waals surface area contributed by atoms with Crippen molar-refractivity contribution in [3.05, 3.63) is 22.3 Å². The van der Waals surface area contributed by atoms with Gasteiger partial charge in [-0.2, -0.15) is 0 Å². The molecule has 1 fully saturated rings. The Morgan fingerprint density at radius 2 is 1.96 bits per heavy atom. The Hall–Kier alpha value is -1.62. The first-order valence-corrected chi connectivity index (χ1v) is 10.1. The molecule has 27 heavy (non-hydrogen) atoms. The molecule has 0 spiro atoms. The number of carbonyl (C=O) groups excluding carboxylic acids is 2. The number of fused-ring (bicyclic) bond motifs is 3. The summed E-state index contributed by atoms with van der Waals surface area (Å²) in [5.74, 6) is -0.323. The first-order valence-electron chi connectivity index (χ1n) is 10.1. The summed E-state index contributed by atoms with van der Waals surface area (Å²) < 4.78 is 11.4. The summed E-state index contributed by atoms with van der Waals surface area (Å²) in [7, 11) is 0. The lowest BCUT2D eigenvalue weighted by atomic mass is 9.47. The van der Waals surface area contributed by atoms with Crippen molar-refractivity contribution in [3.8, 4) is 0 Å². The van der Waals surface area contributed by atoms with Gasteiger partial charge in [0.05, 0.1) is 6.10 Å². The molecule has 0 aromatic rings. The lowest BCUT2D eigenvalue weighted by molar-refractivity contribution is -0.145. The number of aliphatic hydroxyl groups excluding tert-OH is 1. The zero-order chi connectivity index (χ0) is 19.7. The van der Waals surface area contributed by atoms with Crippen LogP contribution in [0.4, 0.5) is 0 Å². The zero-order valence-electron chi connectivity index (χ0n) is 16.9. The quantitative estimate of drug-likeness (QED) is 0.562. The van der Waals surface area contributed by atoms with Crippen LogP contribution < -0.4 is 0 Å². The maximum atomic E-state index is 12.2. The summed E-state index contributed by atoms with van der Waals surface area (Å²) >= 11 is 0. The van der Waals surface area contributed by atoms with Crippen LogP contribution in [0, 0.1) is 16.7 Å². The predicted molar refractivity (Wildman–Crippen MR) is 99.6 cm³/mol. The molecule has 148 valence electrons. The van der Waals surface area contributed by atoms with Crippen molar-refractivity contribution in [2.45, 2.75) is 85.0 Å².